The van der Waals surface area contributed by atoms with E-state index in [1.54, 1.807) is 28.9 Å². The number of amides is 1. The molecule has 0 radical (unpaired) electrons. The van der Waals surface area contributed by atoms with Crippen LogP contribution in [0.25, 0.3) is 16.6 Å². The van der Waals surface area contributed by atoms with Crippen molar-refractivity contribution in [2.24, 2.45) is 0 Å². The Bertz CT molecular complexity index is 1180. The zero-order valence-electron chi connectivity index (χ0n) is 14.4. The van der Waals surface area contributed by atoms with Gasteiger partial charge in [-0.3, -0.25) is 14.2 Å². The fourth-order valence-electron chi connectivity index (χ4n) is 2.84. The number of benzene rings is 2. The van der Waals surface area contributed by atoms with E-state index in [2.05, 4.69) is 25.8 Å². The van der Waals surface area contributed by atoms with Crippen molar-refractivity contribution < 1.29 is 4.79 Å². The van der Waals surface area contributed by atoms with Crippen molar-refractivity contribution in [3.63, 3.8) is 0 Å². The number of tetrazole rings is 1. The van der Waals surface area contributed by atoms with Gasteiger partial charge >= 0.3 is 0 Å². The highest BCUT2D eigenvalue weighted by Gasteiger charge is 2.10. The number of aromatic nitrogens is 6. The number of nitrogens with zero attached hydrogens (tertiary/aromatic N) is 6. The third-order valence-corrected chi connectivity index (χ3v) is 4.12. The van der Waals surface area contributed by atoms with Crippen molar-refractivity contribution in [2.45, 2.75) is 13.5 Å². The van der Waals surface area contributed by atoms with Crippen molar-refractivity contribution >= 4 is 22.5 Å². The number of fused-ring (bicyclic) bond motifs is 1. The SMILES string of the molecule is Cc1cc(NC(=O)Cn2cnc3ccccc3c2=O)ccc1-n1cnnn1. The van der Waals surface area contributed by atoms with Crippen molar-refractivity contribution in [3.8, 4) is 5.69 Å². The largest absolute Gasteiger partial charge is 0.325 e. The molecule has 2 aromatic carbocycles. The lowest BCUT2D eigenvalue weighted by atomic mass is 10.2. The van der Waals surface area contributed by atoms with E-state index >= 15 is 0 Å². The highest BCUT2D eigenvalue weighted by molar-refractivity contribution is 5.91. The molecule has 0 saturated heterocycles. The molecule has 0 spiro atoms. The predicted molar refractivity (Wildman–Crippen MR) is 98.5 cm³/mol. The quantitative estimate of drug-likeness (QED) is 0.587. The van der Waals surface area contributed by atoms with Gasteiger partial charge in [0, 0.05) is 5.69 Å². The summed E-state index contributed by atoms with van der Waals surface area (Å²) < 4.78 is 2.83. The number of rotatable bonds is 4. The smallest absolute Gasteiger partial charge is 0.261 e. The summed E-state index contributed by atoms with van der Waals surface area (Å²) in [6.45, 7) is 1.77. The molecule has 0 aliphatic rings. The molecule has 0 bridgehead atoms. The van der Waals surface area contributed by atoms with Crippen LogP contribution >= 0.6 is 0 Å². The summed E-state index contributed by atoms with van der Waals surface area (Å²) in [5.74, 6) is -0.316. The molecule has 134 valence electrons. The number of nitrogens with one attached hydrogen (secondary N) is 1. The number of para-hydroxylation sites is 1. The van der Waals surface area contributed by atoms with Crippen LogP contribution in [-0.2, 0) is 11.3 Å². The summed E-state index contributed by atoms with van der Waals surface area (Å²) in [5.41, 5.74) is 2.68. The molecule has 9 heteroatoms. The van der Waals surface area contributed by atoms with Crippen LogP contribution in [-0.4, -0.2) is 35.7 Å². The van der Waals surface area contributed by atoms with Crippen molar-refractivity contribution in [1.82, 2.24) is 29.8 Å². The van der Waals surface area contributed by atoms with Crippen molar-refractivity contribution in [3.05, 3.63) is 71.0 Å². The summed E-state index contributed by atoms with van der Waals surface area (Å²) >= 11 is 0. The molecule has 27 heavy (non-hydrogen) atoms. The summed E-state index contributed by atoms with van der Waals surface area (Å²) in [5, 5.41) is 14.3. The Kier molecular flexibility index (Phi) is 4.17. The molecule has 2 aromatic heterocycles. The lowest BCUT2D eigenvalue weighted by molar-refractivity contribution is -0.116. The van der Waals surface area contributed by atoms with Crippen LogP contribution in [0.5, 0.6) is 0 Å². The minimum Gasteiger partial charge on any atom is -0.325 e. The maximum atomic E-state index is 12.5. The second-order valence-electron chi connectivity index (χ2n) is 6.00. The Hall–Kier alpha value is -3.88. The van der Waals surface area contributed by atoms with Gasteiger partial charge < -0.3 is 5.32 Å². The van der Waals surface area contributed by atoms with Gasteiger partial charge in [0.25, 0.3) is 5.56 Å². The monoisotopic (exact) mass is 361 g/mol. The molecule has 4 rings (SSSR count). The van der Waals surface area contributed by atoms with Gasteiger partial charge in [0.2, 0.25) is 5.91 Å². The minimum absolute atomic E-state index is 0.121. The molecule has 0 saturated carbocycles. The minimum atomic E-state index is -0.316. The first-order valence-corrected chi connectivity index (χ1v) is 8.20. The van der Waals surface area contributed by atoms with Gasteiger partial charge in [-0.05, 0) is 53.2 Å². The van der Waals surface area contributed by atoms with E-state index < -0.39 is 0 Å². The second-order valence-corrected chi connectivity index (χ2v) is 6.00. The Morgan fingerprint density at radius 3 is 2.78 bits per heavy atom. The third kappa shape index (κ3) is 3.30. The highest BCUT2D eigenvalue weighted by atomic mass is 16.2. The van der Waals surface area contributed by atoms with Crippen LogP contribution in [0.3, 0.4) is 0 Å². The average molecular weight is 361 g/mol. The number of carbonyl (C=O) groups is 1. The summed E-state index contributed by atoms with van der Waals surface area (Å²) in [6.07, 6.45) is 2.88. The molecule has 0 aliphatic carbocycles. The highest BCUT2D eigenvalue weighted by Crippen LogP contribution is 2.17. The predicted octanol–water partition coefficient (Wildman–Crippen LogP) is 1.32. The maximum absolute atomic E-state index is 12.5. The second kappa shape index (κ2) is 6.79. The van der Waals surface area contributed by atoms with Gasteiger partial charge in [-0.1, -0.05) is 12.1 Å². The first kappa shape index (κ1) is 16.6. The molecular weight excluding hydrogens is 346 g/mol. The first-order chi connectivity index (χ1) is 13.1. The van der Waals surface area contributed by atoms with E-state index in [1.807, 2.05) is 25.1 Å². The van der Waals surface area contributed by atoms with Gasteiger partial charge in [0.05, 0.1) is 22.9 Å². The number of hydrogen-bond donors (Lipinski definition) is 1. The molecule has 0 fully saturated rings. The normalized spacial score (nSPS) is 10.9. The van der Waals surface area contributed by atoms with E-state index in [4.69, 9.17) is 0 Å². The molecule has 2 heterocycles. The Morgan fingerprint density at radius 1 is 1.15 bits per heavy atom. The Morgan fingerprint density at radius 2 is 2.00 bits per heavy atom. The standard InChI is InChI=1S/C18H15N7O2/c1-12-8-13(6-7-16(12)25-11-20-22-23-25)21-17(26)9-24-10-19-15-5-3-2-4-14(15)18(24)27/h2-8,10-11H,9H2,1H3,(H,21,26). The number of anilines is 1. The van der Waals surface area contributed by atoms with E-state index in [0.29, 0.717) is 16.6 Å². The summed E-state index contributed by atoms with van der Waals surface area (Å²) in [7, 11) is 0. The van der Waals surface area contributed by atoms with Crippen LogP contribution in [0, 0.1) is 6.92 Å². The number of hydrogen-bond acceptors (Lipinski definition) is 6. The Balaban J connectivity index is 1.52. The van der Waals surface area contributed by atoms with Gasteiger partial charge in [-0.25, -0.2) is 9.67 Å². The molecule has 0 unspecified atom stereocenters. The zero-order valence-corrected chi connectivity index (χ0v) is 14.4. The number of carbonyl (C=O) groups excluding carboxylic acids is 1. The van der Waals surface area contributed by atoms with E-state index in [-0.39, 0.29) is 18.0 Å². The van der Waals surface area contributed by atoms with Crippen molar-refractivity contribution in [2.75, 3.05) is 5.32 Å². The van der Waals surface area contributed by atoms with Crippen molar-refractivity contribution in [1.29, 1.82) is 0 Å². The van der Waals surface area contributed by atoms with Gasteiger partial charge in [-0.2, -0.15) is 0 Å². The van der Waals surface area contributed by atoms with Gasteiger partial charge in [-0.15, -0.1) is 5.10 Å². The van der Waals surface area contributed by atoms with E-state index in [1.165, 1.54) is 17.2 Å². The molecule has 9 nitrogen and oxygen atoms in total. The summed E-state index contributed by atoms with van der Waals surface area (Å²) in [6, 6.07) is 12.4. The van der Waals surface area contributed by atoms with Gasteiger partial charge in [0.1, 0.15) is 12.9 Å². The molecule has 1 N–H and O–H groups in total. The van der Waals surface area contributed by atoms with E-state index in [9.17, 15) is 9.59 Å². The van der Waals surface area contributed by atoms with Crippen LogP contribution in [0.2, 0.25) is 0 Å². The van der Waals surface area contributed by atoms with Crippen LogP contribution in [0.4, 0.5) is 5.69 Å². The summed E-state index contributed by atoms with van der Waals surface area (Å²) in [4.78, 5) is 29.0. The topological polar surface area (TPSA) is 108 Å². The average Bonchev–Trinajstić information content (AvgIpc) is 3.19. The first-order valence-electron chi connectivity index (χ1n) is 8.20. The third-order valence-electron chi connectivity index (χ3n) is 4.12. The number of aryl methyl sites for hydroxylation is 1. The van der Waals surface area contributed by atoms with E-state index in [0.717, 1.165) is 11.3 Å². The molecule has 0 atom stereocenters. The molecule has 0 aliphatic heterocycles. The lowest BCUT2D eigenvalue weighted by Gasteiger charge is -2.10. The lowest BCUT2D eigenvalue weighted by Crippen LogP contribution is -2.27. The van der Waals surface area contributed by atoms with Crippen LogP contribution in [0.1, 0.15) is 5.56 Å². The Labute approximate surface area is 153 Å². The maximum Gasteiger partial charge on any atom is 0.261 e. The van der Waals surface area contributed by atoms with Crippen LogP contribution in [0.15, 0.2) is 59.9 Å². The fraction of sp³-hybridized carbons (Fsp3) is 0.111. The molecular formula is C18H15N7O2. The zero-order chi connectivity index (χ0) is 18.8. The van der Waals surface area contributed by atoms with Gasteiger partial charge in [0.15, 0.2) is 0 Å². The fourth-order valence-corrected chi connectivity index (χ4v) is 2.84. The molecule has 1 amide bonds. The van der Waals surface area contributed by atoms with Crippen LogP contribution < -0.4 is 10.9 Å². The molecule has 4 aromatic rings.